The minimum atomic E-state index is -1.09. The van der Waals surface area contributed by atoms with Gasteiger partial charge in [0.1, 0.15) is 0 Å². The molecule has 0 aliphatic heterocycles. The number of carboxylic acids is 1. The second-order valence-corrected chi connectivity index (χ2v) is 5.46. The molecule has 1 radical (unpaired) electrons. The van der Waals surface area contributed by atoms with Crippen molar-refractivity contribution in [3.05, 3.63) is 23.8 Å². The number of benzene rings is 1. The van der Waals surface area contributed by atoms with Crippen LogP contribution in [-0.2, 0) is 4.65 Å². The number of nitrogens with two attached hydrogens (primary N) is 1. The molecule has 0 unspecified atom stereocenters. The zero-order valence-corrected chi connectivity index (χ0v) is 11.6. The Morgan fingerprint density at radius 1 is 1.32 bits per heavy atom. The normalized spacial score (nSPS) is 12.3. The van der Waals surface area contributed by atoms with Gasteiger partial charge in [-0.25, -0.2) is 4.79 Å². The van der Waals surface area contributed by atoms with E-state index >= 15 is 0 Å². The molecule has 6 heteroatoms. The van der Waals surface area contributed by atoms with Gasteiger partial charge in [0.05, 0.1) is 16.8 Å². The Balaban J connectivity index is 2.85. The first-order chi connectivity index (χ1) is 8.54. The molecule has 0 saturated carbocycles. The summed E-state index contributed by atoms with van der Waals surface area (Å²) in [4.78, 5) is 11.0. The molecule has 1 aromatic carbocycles. The van der Waals surface area contributed by atoms with Crippen LogP contribution in [0.4, 0.5) is 5.69 Å². The smallest absolute Gasteiger partial charge is 0.337 e. The Morgan fingerprint density at radius 3 is 2.37 bits per heavy atom. The van der Waals surface area contributed by atoms with Crippen LogP contribution in [0, 0.1) is 0 Å². The highest BCUT2D eigenvalue weighted by Crippen LogP contribution is 2.24. The maximum atomic E-state index is 11.0. The van der Waals surface area contributed by atoms with E-state index in [2.05, 4.69) is 0 Å². The van der Waals surface area contributed by atoms with Crippen molar-refractivity contribution in [3.63, 3.8) is 0 Å². The first-order valence-corrected chi connectivity index (χ1v) is 5.91. The number of nitrogen functional groups attached to an aromatic ring is 1. The van der Waals surface area contributed by atoms with Gasteiger partial charge < -0.3 is 20.6 Å². The van der Waals surface area contributed by atoms with Gasteiger partial charge in [-0.1, -0.05) is 11.5 Å². The average Bonchev–Trinajstić information content (AvgIpc) is 2.26. The number of carbonyl (C=O) groups is 1. The van der Waals surface area contributed by atoms with E-state index in [4.69, 9.17) is 15.5 Å². The van der Waals surface area contributed by atoms with Crippen LogP contribution in [-0.4, -0.2) is 34.9 Å². The van der Waals surface area contributed by atoms with Crippen LogP contribution in [0.3, 0.4) is 0 Å². The van der Waals surface area contributed by atoms with E-state index < -0.39 is 17.2 Å². The lowest BCUT2D eigenvalue weighted by molar-refractivity contribution is -0.0893. The van der Waals surface area contributed by atoms with Crippen LogP contribution < -0.4 is 11.2 Å². The molecule has 0 saturated heterocycles. The second kappa shape index (κ2) is 5.23. The van der Waals surface area contributed by atoms with E-state index in [0.29, 0.717) is 5.46 Å². The Kier molecular flexibility index (Phi) is 4.27. The van der Waals surface area contributed by atoms with Gasteiger partial charge in [0.2, 0.25) is 0 Å². The lowest BCUT2D eigenvalue weighted by Crippen LogP contribution is -2.49. The molecule has 103 valence electrons. The van der Waals surface area contributed by atoms with Crippen LogP contribution in [0.25, 0.3) is 0 Å². The summed E-state index contributed by atoms with van der Waals surface area (Å²) in [6.45, 7) is 6.79. The van der Waals surface area contributed by atoms with E-state index in [1.165, 1.54) is 19.6 Å². The molecule has 19 heavy (non-hydrogen) atoms. The molecule has 0 fully saturated rings. The van der Waals surface area contributed by atoms with Crippen molar-refractivity contribution in [1.29, 1.82) is 0 Å². The highest BCUT2D eigenvalue weighted by molar-refractivity contribution is 6.47. The molecular formula is C13H19BNO4. The van der Waals surface area contributed by atoms with Gasteiger partial charge in [0.15, 0.2) is 0 Å². The van der Waals surface area contributed by atoms with Crippen LogP contribution in [0.15, 0.2) is 18.2 Å². The molecule has 0 amide bonds. The van der Waals surface area contributed by atoms with E-state index in [0.717, 1.165) is 0 Å². The number of anilines is 1. The van der Waals surface area contributed by atoms with Gasteiger partial charge in [-0.2, -0.15) is 0 Å². The fraction of sp³-hybridized carbons (Fsp3) is 0.462. The minimum Gasteiger partial charge on any atom is -0.478 e. The second-order valence-electron chi connectivity index (χ2n) is 5.46. The minimum absolute atomic E-state index is 0.0263. The van der Waals surface area contributed by atoms with Crippen LogP contribution in [0.1, 0.15) is 38.1 Å². The third-order valence-corrected chi connectivity index (χ3v) is 3.27. The Hall–Kier alpha value is -1.53. The average molecular weight is 264 g/mol. The molecule has 0 heterocycles. The largest absolute Gasteiger partial charge is 0.478 e. The molecule has 4 N–H and O–H groups in total. The van der Waals surface area contributed by atoms with E-state index in [1.54, 1.807) is 33.8 Å². The predicted octanol–water partition coefficient (Wildman–Crippen LogP) is 0.778. The first kappa shape index (κ1) is 15.5. The maximum Gasteiger partial charge on any atom is 0.337 e. The van der Waals surface area contributed by atoms with Gasteiger partial charge in [0, 0.05) is 5.69 Å². The summed E-state index contributed by atoms with van der Waals surface area (Å²) in [5.41, 5.74) is 4.52. The Bertz CT molecular complexity index is 480. The SMILES string of the molecule is CC(C)(O)C(C)(C)O[B]c1ccc(N)c(C(=O)O)c1. The molecular weight excluding hydrogens is 245 g/mol. The highest BCUT2D eigenvalue weighted by Gasteiger charge is 2.35. The van der Waals surface area contributed by atoms with Gasteiger partial charge in [-0.15, -0.1) is 0 Å². The molecule has 0 spiro atoms. The lowest BCUT2D eigenvalue weighted by Gasteiger charge is -2.37. The summed E-state index contributed by atoms with van der Waals surface area (Å²) in [6, 6.07) is 4.59. The quantitative estimate of drug-likeness (QED) is 0.539. The molecule has 0 aliphatic carbocycles. The third kappa shape index (κ3) is 3.72. The number of carboxylic acid groups (broad SMARTS) is 1. The van der Waals surface area contributed by atoms with Gasteiger partial charge >= 0.3 is 13.5 Å². The van der Waals surface area contributed by atoms with E-state index in [9.17, 15) is 9.90 Å². The number of rotatable bonds is 5. The summed E-state index contributed by atoms with van der Waals surface area (Å²) < 4.78 is 5.55. The molecule has 5 nitrogen and oxygen atoms in total. The number of aromatic carboxylic acids is 1. The lowest BCUT2D eigenvalue weighted by atomic mass is 9.82. The Labute approximate surface area is 113 Å². The van der Waals surface area contributed by atoms with Crippen LogP contribution >= 0.6 is 0 Å². The molecule has 1 rings (SSSR count). The zero-order chi connectivity index (χ0) is 14.8. The van der Waals surface area contributed by atoms with Crippen molar-refractivity contribution < 1.29 is 19.7 Å². The number of hydrogen-bond acceptors (Lipinski definition) is 4. The standard InChI is InChI=1S/C13H19BNO4/c1-12(2,18)13(3,4)19-14-8-5-6-10(15)9(7-8)11(16)17/h5-7,18H,15H2,1-4H3,(H,16,17). The molecule has 0 atom stereocenters. The highest BCUT2D eigenvalue weighted by atomic mass is 16.5. The molecule has 0 bridgehead atoms. The van der Waals surface area contributed by atoms with Crippen molar-refractivity contribution in [2.45, 2.75) is 38.9 Å². The maximum absolute atomic E-state index is 11.0. The molecule has 0 aromatic heterocycles. The monoisotopic (exact) mass is 264 g/mol. The summed E-state index contributed by atoms with van der Waals surface area (Å²) in [5, 5.41) is 18.9. The van der Waals surface area contributed by atoms with Crippen LogP contribution in [0.5, 0.6) is 0 Å². The van der Waals surface area contributed by atoms with E-state index in [-0.39, 0.29) is 11.3 Å². The zero-order valence-electron chi connectivity index (χ0n) is 11.6. The van der Waals surface area contributed by atoms with Gasteiger partial charge in [0.25, 0.3) is 0 Å². The topological polar surface area (TPSA) is 92.8 Å². The summed E-state index contributed by atoms with van der Waals surface area (Å²) in [7, 11) is 1.42. The third-order valence-electron chi connectivity index (χ3n) is 3.27. The first-order valence-electron chi connectivity index (χ1n) is 5.91. The van der Waals surface area contributed by atoms with Crippen LogP contribution in [0.2, 0.25) is 0 Å². The van der Waals surface area contributed by atoms with Gasteiger partial charge in [-0.05, 0) is 39.8 Å². The van der Waals surface area contributed by atoms with Crippen molar-refractivity contribution in [2.24, 2.45) is 0 Å². The molecule has 0 aliphatic rings. The van der Waals surface area contributed by atoms with Gasteiger partial charge in [-0.3, -0.25) is 0 Å². The Morgan fingerprint density at radius 2 is 1.89 bits per heavy atom. The van der Waals surface area contributed by atoms with E-state index in [1.807, 2.05) is 0 Å². The predicted molar refractivity (Wildman–Crippen MR) is 74.7 cm³/mol. The summed E-state index contributed by atoms with van der Waals surface area (Å²) in [5.74, 6) is -1.09. The fourth-order valence-electron chi connectivity index (χ4n) is 1.19. The van der Waals surface area contributed by atoms with Crippen molar-refractivity contribution in [3.8, 4) is 0 Å². The summed E-state index contributed by atoms with van der Waals surface area (Å²) >= 11 is 0. The number of hydrogen-bond donors (Lipinski definition) is 3. The number of aliphatic hydroxyl groups is 1. The summed E-state index contributed by atoms with van der Waals surface area (Å²) in [6.07, 6.45) is 0. The van der Waals surface area contributed by atoms with Crippen molar-refractivity contribution >= 4 is 24.6 Å². The van der Waals surface area contributed by atoms with Crippen molar-refractivity contribution in [1.82, 2.24) is 0 Å². The van der Waals surface area contributed by atoms with Crippen molar-refractivity contribution in [2.75, 3.05) is 5.73 Å². The molecule has 1 aromatic rings. The fourth-order valence-corrected chi connectivity index (χ4v) is 1.19.